The van der Waals surface area contributed by atoms with Crippen LogP contribution < -0.4 is 10.6 Å². The highest BCUT2D eigenvalue weighted by atomic mass is 35.5. The van der Waals surface area contributed by atoms with Crippen LogP contribution in [0.5, 0.6) is 0 Å². The van der Waals surface area contributed by atoms with Crippen molar-refractivity contribution in [1.82, 2.24) is 40.4 Å². The number of H-pyrrole nitrogens is 2. The number of methoxy groups -OCH3 is 2. The molecule has 3 aromatic carbocycles. The van der Waals surface area contributed by atoms with Crippen LogP contribution in [0, 0.1) is 35.5 Å². The number of halogens is 2. The molecule has 5 aromatic rings. The van der Waals surface area contributed by atoms with Crippen LogP contribution in [0.25, 0.3) is 33.5 Å². The first kappa shape index (κ1) is 50.3. The molecule has 7 rings (SSSR count). The Morgan fingerprint density at radius 3 is 1.79 bits per heavy atom. The van der Waals surface area contributed by atoms with Crippen LogP contribution in [-0.2, 0) is 19.1 Å². The smallest absolute Gasteiger partial charge is 0.407 e. The molecule has 4 N–H and O–H groups in total. The third-order valence-electron chi connectivity index (χ3n) is 11.7. The molecule has 2 saturated heterocycles. The number of imidazole rings is 2. The molecular formula is C50H56Cl2N8O6. The molecule has 0 spiro atoms. The number of amides is 4. The van der Waals surface area contributed by atoms with Gasteiger partial charge in [-0.25, -0.2) is 19.6 Å². The summed E-state index contributed by atoms with van der Waals surface area (Å²) in [5.41, 5.74) is 7.07. The van der Waals surface area contributed by atoms with Gasteiger partial charge in [0.1, 0.15) is 29.4 Å². The lowest BCUT2D eigenvalue weighted by Gasteiger charge is -2.30. The number of hydrogen-bond acceptors (Lipinski definition) is 8. The standard InChI is InChI=1S/C50H54N8O6.2ClH/c1-31(2)43(55-49(61)63-5)47(59)57-25-13-21-41(57)45-51-29-38(53-45)20-11-10-17-34-23-24-37(28-39(34)36-19-12-18-35(27-36)33-15-8-7-9-16-33)40-30-52-46(54-40)42-22-14-26-58(42)48(60)44(32(3)4)56-50(62)64-6;;/h7-9,12,15-16,18-19,23-24,27-32,41-44H,13-14,21-22,25-26H2,1-6H3,(H,51,53)(H,52,54)(H,55,61)(H,56,62);2*1H/t41-,42-,43-,44-;;/m0../s1. The topological polar surface area (TPSA) is 175 Å². The number of hydrogen-bond donors (Lipinski definition) is 4. The minimum absolute atomic E-state index is 0. The van der Waals surface area contributed by atoms with E-state index in [1.807, 2.05) is 64.1 Å². The second-order valence-corrected chi connectivity index (χ2v) is 16.7. The van der Waals surface area contributed by atoms with Crippen molar-refractivity contribution in [3.05, 3.63) is 108 Å². The number of rotatable bonds is 11. The van der Waals surface area contributed by atoms with Gasteiger partial charge in [0.05, 0.1) is 44.4 Å². The zero-order valence-corrected chi connectivity index (χ0v) is 39.5. The molecule has 4 atom stereocenters. The zero-order chi connectivity index (χ0) is 45.3. The molecule has 14 nitrogen and oxygen atoms in total. The molecular weight excluding hydrogens is 880 g/mol. The van der Waals surface area contributed by atoms with Crippen molar-refractivity contribution in [2.24, 2.45) is 11.8 Å². The lowest BCUT2D eigenvalue weighted by molar-refractivity contribution is -0.136. The van der Waals surface area contributed by atoms with E-state index in [0.29, 0.717) is 30.4 Å². The van der Waals surface area contributed by atoms with Crippen molar-refractivity contribution in [3.63, 3.8) is 0 Å². The maximum atomic E-state index is 13.8. The first-order valence-electron chi connectivity index (χ1n) is 21.7. The van der Waals surface area contributed by atoms with E-state index >= 15 is 0 Å². The van der Waals surface area contributed by atoms with E-state index in [0.717, 1.165) is 64.8 Å². The molecule has 4 heterocycles. The lowest BCUT2D eigenvalue weighted by Crippen LogP contribution is -2.51. The van der Waals surface area contributed by atoms with Gasteiger partial charge in [0.15, 0.2) is 0 Å². The van der Waals surface area contributed by atoms with Crippen molar-refractivity contribution in [3.8, 4) is 57.2 Å². The van der Waals surface area contributed by atoms with Crippen LogP contribution in [0.2, 0.25) is 0 Å². The molecule has 2 aliphatic heterocycles. The Kier molecular flexibility index (Phi) is 17.5. The quantitative estimate of drug-likeness (QED) is 0.0955. The summed E-state index contributed by atoms with van der Waals surface area (Å²) in [6.45, 7) is 8.66. The molecule has 0 saturated carbocycles. The maximum absolute atomic E-state index is 13.8. The minimum atomic E-state index is -0.728. The molecule has 4 amide bonds. The van der Waals surface area contributed by atoms with Crippen LogP contribution in [0.4, 0.5) is 9.59 Å². The summed E-state index contributed by atoms with van der Waals surface area (Å²) in [6.07, 6.45) is 5.23. The first-order chi connectivity index (χ1) is 30.9. The number of ether oxygens (including phenoxy) is 2. The van der Waals surface area contributed by atoms with Gasteiger partial charge in [-0.05, 0) is 95.7 Å². The normalized spacial score (nSPS) is 16.1. The summed E-state index contributed by atoms with van der Waals surface area (Å²) in [5.74, 6) is 13.1. The molecule has 0 radical (unpaired) electrons. The van der Waals surface area contributed by atoms with E-state index in [2.05, 4.69) is 85.7 Å². The lowest BCUT2D eigenvalue weighted by atomic mass is 9.94. The number of likely N-dealkylation sites (tertiary alicyclic amines) is 2. The molecule has 0 bridgehead atoms. The Morgan fingerprint density at radius 1 is 0.652 bits per heavy atom. The van der Waals surface area contributed by atoms with Gasteiger partial charge in [0.2, 0.25) is 11.8 Å². The molecule has 2 aromatic heterocycles. The predicted molar refractivity (Wildman–Crippen MR) is 257 cm³/mol. The first-order valence-corrected chi connectivity index (χ1v) is 21.7. The van der Waals surface area contributed by atoms with Crippen LogP contribution >= 0.6 is 24.8 Å². The largest absolute Gasteiger partial charge is 0.453 e. The number of aromatic amines is 2. The van der Waals surface area contributed by atoms with Gasteiger partial charge in [-0.3, -0.25) is 9.59 Å². The number of nitrogens with zero attached hydrogens (tertiary/aromatic N) is 4. The monoisotopic (exact) mass is 934 g/mol. The van der Waals surface area contributed by atoms with Crippen LogP contribution in [-0.4, -0.2) is 93.1 Å². The Balaban J connectivity index is 0.00000408. The van der Waals surface area contributed by atoms with E-state index in [1.54, 1.807) is 22.2 Å². The van der Waals surface area contributed by atoms with Crippen molar-refractivity contribution in [2.75, 3.05) is 27.3 Å². The van der Waals surface area contributed by atoms with Crippen LogP contribution in [0.1, 0.15) is 88.4 Å². The summed E-state index contributed by atoms with van der Waals surface area (Å²) < 4.78 is 9.56. The summed E-state index contributed by atoms with van der Waals surface area (Å²) in [5, 5.41) is 5.39. The molecule has 2 fully saturated rings. The molecule has 0 unspecified atom stereocenters. The number of carbonyl (C=O) groups is 4. The van der Waals surface area contributed by atoms with Crippen molar-refractivity contribution in [1.29, 1.82) is 0 Å². The maximum Gasteiger partial charge on any atom is 0.407 e. The minimum Gasteiger partial charge on any atom is -0.453 e. The Morgan fingerprint density at radius 2 is 1.20 bits per heavy atom. The molecule has 0 aliphatic carbocycles. The fourth-order valence-corrected chi connectivity index (χ4v) is 8.36. The van der Waals surface area contributed by atoms with Crippen molar-refractivity contribution < 1.29 is 28.7 Å². The van der Waals surface area contributed by atoms with Gasteiger partial charge >= 0.3 is 12.2 Å². The van der Waals surface area contributed by atoms with Crippen molar-refractivity contribution >= 4 is 48.8 Å². The van der Waals surface area contributed by atoms with E-state index in [4.69, 9.17) is 14.5 Å². The van der Waals surface area contributed by atoms with Crippen LogP contribution in [0.3, 0.4) is 0 Å². The zero-order valence-electron chi connectivity index (χ0n) is 37.8. The van der Waals surface area contributed by atoms with Gasteiger partial charge in [-0.15, -0.1) is 24.8 Å². The van der Waals surface area contributed by atoms with Gasteiger partial charge < -0.3 is 39.9 Å². The molecule has 2 aliphatic rings. The SMILES string of the molecule is COC(=O)N[C@H](C(=O)N1CCC[C@H]1c1ncc(C#CC#Cc2ccc(-c3cnc([C@@H]4CCCN4C(=O)[C@@H](NC(=O)OC)C(C)C)[nH]3)cc2-c2cccc(-c3ccccc3)c2)[nH]1)C(C)C.Cl.Cl. The van der Waals surface area contributed by atoms with Crippen LogP contribution in [0.15, 0.2) is 85.2 Å². The van der Waals surface area contributed by atoms with Gasteiger partial charge in [0, 0.05) is 24.2 Å². The fourth-order valence-electron chi connectivity index (χ4n) is 8.36. The Hall–Kier alpha value is -6.74. The second kappa shape index (κ2) is 22.9. The number of alkyl carbamates (subject to hydrolysis) is 2. The number of carbonyl (C=O) groups excluding carboxylic acids is 4. The summed E-state index contributed by atoms with van der Waals surface area (Å²) in [6, 6.07) is 22.6. The number of benzene rings is 3. The summed E-state index contributed by atoms with van der Waals surface area (Å²) in [4.78, 5) is 71.2. The summed E-state index contributed by atoms with van der Waals surface area (Å²) >= 11 is 0. The average Bonchev–Trinajstić information content (AvgIpc) is 4.16. The summed E-state index contributed by atoms with van der Waals surface area (Å²) in [7, 11) is 2.56. The third-order valence-corrected chi connectivity index (χ3v) is 11.7. The van der Waals surface area contributed by atoms with Gasteiger partial charge in [-0.1, -0.05) is 88.2 Å². The van der Waals surface area contributed by atoms with E-state index in [1.165, 1.54) is 14.2 Å². The molecule has 16 heteroatoms. The molecule has 66 heavy (non-hydrogen) atoms. The third kappa shape index (κ3) is 11.6. The second-order valence-electron chi connectivity index (χ2n) is 16.7. The van der Waals surface area contributed by atoms with Gasteiger partial charge in [-0.2, -0.15) is 0 Å². The molecule has 346 valence electrons. The van der Waals surface area contributed by atoms with E-state index in [-0.39, 0.29) is 60.5 Å². The Labute approximate surface area is 398 Å². The predicted octanol–water partition coefficient (Wildman–Crippen LogP) is 8.47. The highest BCUT2D eigenvalue weighted by Crippen LogP contribution is 2.36. The highest BCUT2D eigenvalue weighted by Gasteiger charge is 2.39. The fraction of sp³-hybridized carbons (Fsp3) is 0.360. The highest BCUT2D eigenvalue weighted by molar-refractivity contribution is 5.87. The van der Waals surface area contributed by atoms with E-state index in [9.17, 15) is 19.2 Å². The van der Waals surface area contributed by atoms with Gasteiger partial charge in [0.25, 0.3) is 0 Å². The number of nitrogens with one attached hydrogen (secondary N) is 4. The van der Waals surface area contributed by atoms with E-state index < -0.39 is 24.3 Å². The number of aromatic nitrogens is 4. The van der Waals surface area contributed by atoms with Crippen molar-refractivity contribution in [2.45, 2.75) is 77.5 Å². The Bertz CT molecular complexity index is 2620. The average molecular weight is 936 g/mol.